The number of anilines is 2. The molecule has 0 aliphatic rings. The normalized spacial score (nSPS) is 11.2. The van der Waals surface area contributed by atoms with E-state index in [0.717, 1.165) is 0 Å². The molecule has 8 aromatic rings. The summed E-state index contributed by atoms with van der Waals surface area (Å²) >= 11 is 13.5. The van der Waals surface area contributed by atoms with Crippen LogP contribution in [0.5, 0.6) is 0 Å². The van der Waals surface area contributed by atoms with E-state index in [1.165, 1.54) is 62.2 Å². The van der Waals surface area contributed by atoms with Crippen LogP contribution >= 0.6 is 23.2 Å². The van der Waals surface area contributed by atoms with Crippen molar-refractivity contribution in [1.29, 1.82) is 0 Å². The van der Waals surface area contributed by atoms with Crippen molar-refractivity contribution in [2.45, 2.75) is 23.6 Å². The second-order valence-corrected chi connectivity index (χ2v) is 18.8. The van der Waals surface area contributed by atoms with Gasteiger partial charge in [0.05, 0.1) is 39.6 Å². The number of ether oxygens (including phenoxy) is 1. The topological polar surface area (TPSA) is 207 Å². The number of nitrogens with zero attached hydrogens (tertiary/aromatic N) is 4. The van der Waals surface area contributed by atoms with Crippen molar-refractivity contribution < 1.29 is 36.3 Å². The molecule has 0 amide bonds. The van der Waals surface area contributed by atoms with Gasteiger partial charge < -0.3 is 9.84 Å². The molecule has 0 aliphatic carbocycles. The monoisotopic (exact) mass is 966 g/mol. The molecule has 4 heterocycles. The van der Waals surface area contributed by atoms with E-state index in [-0.39, 0.29) is 54.2 Å². The summed E-state index contributed by atoms with van der Waals surface area (Å²) in [5.74, 6) is 10.2. The van der Waals surface area contributed by atoms with Crippen molar-refractivity contribution in [2.75, 3.05) is 16.6 Å². The first-order valence-corrected chi connectivity index (χ1v) is 23.5. The predicted octanol–water partition coefficient (Wildman–Crippen LogP) is 9.05. The molecule has 0 spiro atoms. The van der Waals surface area contributed by atoms with E-state index in [1.807, 2.05) is 0 Å². The van der Waals surface area contributed by atoms with Crippen LogP contribution in [0.3, 0.4) is 0 Å². The average Bonchev–Trinajstić information content (AvgIpc) is 3.31. The standard InChI is InChI=1S/C49H32Cl2N6O8S2/c1-28-22-41(48(58)59)53-25-34(28)17-15-32-24-31(18-19-40(32)57-66(61,62)43-12-6-9-35-38(50)20-21-52-46(35)43)37-27-55-47-36(45(37)51)10-7-13-44(47)67(63,64)56-39-11-5-4-8-30(39)14-16-33-26-54-42(23-29(33)2)49(60)65-3/h4-13,18-27,56-57H,1-3H3,(H,58,59). The Kier molecular flexibility index (Phi) is 12.7. The van der Waals surface area contributed by atoms with Crippen LogP contribution in [0.1, 0.15) is 54.4 Å². The smallest absolute Gasteiger partial charge is 0.356 e. The van der Waals surface area contributed by atoms with Gasteiger partial charge in [0.2, 0.25) is 0 Å². The zero-order valence-corrected chi connectivity index (χ0v) is 38.4. The van der Waals surface area contributed by atoms with Crippen molar-refractivity contribution >= 4 is 88.4 Å². The van der Waals surface area contributed by atoms with Crippen LogP contribution in [0.4, 0.5) is 11.4 Å². The Balaban J connectivity index is 1.16. The highest BCUT2D eigenvalue weighted by atomic mass is 35.5. The zero-order valence-electron chi connectivity index (χ0n) is 35.2. The number of para-hydroxylation sites is 3. The van der Waals surface area contributed by atoms with Crippen LogP contribution in [0.15, 0.2) is 132 Å². The lowest BCUT2D eigenvalue weighted by Crippen LogP contribution is -2.15. The van der Waals surface area contributed by atoms with E-state index in [2.05, 4.69) is 53.1 Å². The summed E-state index contributed by atoms with van der Waals surface area (Å²) in [6.07, 6.45) is 5.57. The quantitative estimate of drug-likeness (QED) is 0.0915. The molecule has 3 N–H and O–H groups in total. The minimum absolute atomic E-state index is 0.0701. The number of fused-ring (bicyclic) bond motifs is 2. The molecule has 4 aromatic heterocycles. The van der Waals surface area contributed by atoms with Crippen molar-refractivity contribution in [3.63, 3.8) is 0 Å². The molecule has 332 valence electrons. The molecule has 8 rings (SSSR count). The highest BCUT2D eigenvalue weighted by Gasteiger charge is 2.24. The van der Waals surface area contributed by atoms with Crippen molar-refractivity contribution in [1.82, 2.24) is 19.9 Å². The van der Waals surface area contributed by atoms with Gasteiger partial charge in [-0.25, -0.2) is 36.4 Å². The fourth-order valence-electron chi connectivity index (χ4n) is 6.87. The number of pyridine rings is 4. The number of carboxylic acid groups (broad SMARTS) is 1. The number of hydrogen-bond acceptors (Lipinski definition) is 11. The van der Waals surface area contributed by atoms with E-state index in [4.69, 9.17) is 27.9 Å². The number of carboxylic acids is 1. The van der Waals surface area contributed by atoms with Crippen LogP contribution < -0.4 is 9.44 Å². The number of benzene rings is 4. The summed E-state index contributed by atoms with van der Waals surface area (Å²) in [6.45, 7) is 3.43. The number of esters is 1. The molecule has 4 aromatic carbocycles. The maximum Gasteiger partial charge on any atom is 0.356 e. The van der Waals surface area contributed by atoms with E-state index < -0.39 is 32.0 Å². The van der Waals surface area contributed by atoms with Crippen LogP contribution in [0, 0.1) is 37.5 Å². The number of sulfonamides is 2. The fraction of sp³-hybridized carbons (Fsp3) is 0.0612. The summed E-state index contributed by atoms with van der Waals surface area (Å²) in [7, 11) is -7.36. The molecule has 0 fully saturated rings. The first-order valence-electron chi connectivity index (χ1n) is 19.7. The molecule has 0 unspecified atom stereocenters. The molecule has 0 saturated carbocycles. The minimum Gasteiger partial charge on any atom is -0.477 e. The number of aromatic carboxylic acids is 1. The third-order valence-corrected chi connectivity index (χ3v) is 13.8. The van der Waals surface area contributed by atoms with Gasteiger partial charge in [-0.2, -0.15) is 0 Å². The molecular weight excluding hydrogens is 936 g/mol. The number of methoxy groups -OCH3 is 1. The Bertz CT molecular complexity index is 3750. The van der Waals surface area contributed by atoms with Crippen molar-refractivity contribution in [3.8, 4) is 34.8 Å². The van der Waals surface area contributed by atoms with E-state index in [9.17, 15) is 31.5 Å². The summed E-state index contributed by atoms with van der Waals surface area (Å²) < 4.78 is 66.3. The first kappa shape index (κ1) is 45.7. The number of nitrogens with one attached hydrogen (secondary N) is 2. The Morgan fingerprint density at radius 1 is 0.612 bits per heavy atom. The van der Waals surface area contributed by atoms with Crippen LogP contribution in [0.25, 0.3) is 32.9 Å². The van der Waals surface area contributed by atoms with E-state index >= 15 is 0 Å². The Hall–Kier alpha value is -7.86. The molecule has 67 heavy (non-hydrogen) atoms. The third-order valence-electron chi connectivity index (χ3n) is 10.3. The van der Waals surface area contributed by atoms with Crippen molar-refractivity contribution in [3.05, 3.63) is 177 Å². The van der Waals surface area contributed by atoms with Gasteiger partial charge in [-0.05, 0) is 85.1 Å². The number of aromatic nitrogens is 4. The summed E-state index contributed by atoms with van der Waals surface area (Å²) in [6, 6.07) is 24.9. The molecular formula is C49H32Cl2N6O8S2. The van der Waals surface area contributed by atoms with Crippen LogP contribution in [-0.2, 0) is 24.8 Å². The third kappa shape index (κ3) is 9.46. The number of halogens is 2. The Morgan fingerprint density at radius 2 is 1.18 bits per heavy atom. The molecule has 0 atom stereocenters. The molecule has 0 bridgehead atoms. The second-order valence-electron chi connectivity index (χ2n) is 14.7. The van der Waals surface area contributed by atoms with Gasteiger partial charge in [-0.15, -0.1) is 0 Å². The van der Waals surface area contributed by atoms with Crippen molar-refractivity contribution in [2.24, 2.45) is 0 Å². The Morgan fingerprint density at radius 3 is 1.82 bits per heavy atom. The largest absolute Gasteiger partial charge is 0.477 e. The van der Waals surface area contributed by atoms with Crippen LogP contribution in [0.2, 0.25) is 10.0 Å². The lowest BCUT2D eigenvalue weighted by atomic mass is 10.0. The lowest BCUT2D eigenvalue weighted by molar-refractivity contribution is 0.0593. The van der Waals surface area contributed by atoms with E-state index in [1.54, 1.807) is 80.6 Å². The number of rotatable bonds is 9. The minimum atomic E-state index is -4.32. The van der Waals surface area contributed by atoms with Crippen LogP contribution in [-0.4, -0.2) is 60.9 Å². The van der Waals surface area contributed by atoms with Gasteiger partial charge in [-0.1, -0.05) is 89.3 Å². The number of hydrogen-bond donors (Lipinski definition) is 3. The number of carbonyl (C=O) groups is 2. The second kappa shape index (κ2) is 18.6. The lowest BCUT2D eigenvalue weighted by Gasteiger charge is -2.15. The fourth-order valence-corrected chi connectivity index (χ4v) is 9.90. The summed E-state index contributed by atoms with van der Waals surface area (Å²) in [4.78, 5) is 40.1. The highest BCUT2D eigenvalue weighted by molar-refractivity contribution is 7.93. The molecule has 18 heteroatoms. The van der Waals surface area contributed by atoms with Gasteiger partial charge in [0.1, 0.15) is 21.2 Å². The van der Waals surface area contributed by atoms with Gasteiger partial charge in [0.25, 0.3) is 20.0 Å². The maximum atomic E-state index is 14.1. The van der Waals surface area contributed by atoms with E-state index in [0.29, 0.717) is 54.7 Å². The first-order chi connectivity index (χ1) is 32.0. The average molecular weight is 968 g/mol. The molecule has 14 nitrogen and oxygen atoms in total. The summed E-state index contributed by atoms with van der Waals surface area (Å²) in [5, 5.41) is 10.6. The predicted molar refractivity (Wildman–Crippen MR) is 255 cm³/mol. The highest BCUT2D eigenvalue weighted by Crippen LogP contribution is 2.38. The molecule has 0 radical (unpaired) electrons. The van der Waals surface area contributed by atoms with Gasteiger partial charge in [0.15, 0.2) is 0 Å². The number of aryl methyl sites for hydroxylation is 2. The molecule has 0 aliphatic heterocycles. The molecule has 0 saturated heterocycles. The van der Waals surface area contributed by atoms with Gasteiger partial charge in [0, 0.05) is 63.4 Å². The Labute approximate surface area is 394 Å². The number of carbonyl (C=O) groups excluding carboxylic acids is 1. The van der Waals surface area contributed by atoms with Gasteiger partial charge >= 0.3 is 11.9 Å². The zero-order chi connectivity index (χ0) is 47.6. The SMILES string of the molecule is COC(=O)c1cc(C)c(C#Cc2ccccc2NS(=O)(=O)c2cccc3c(Cl)c(-c4ccc(NS(=O)(=O)c5cccc6c(Cl)ccnc56)c(C#Cc5cnc(C(=O)O)cc5C)c4)cnc23)cn1. The maximum absolute atomic E-state index is 14.1. The summed E-state index contributed by atoms with van der Waals surface area (Å²) in [5.41, 5.74) is 3.94. The van der Waals surface area contributed by atoms with Gasteiger partial charge in [-0.3, -0.25) is 19.4 Å².